The zero-order valence-electron chi connectivity index (χ0n) is 13.4. The van der Waals surface area contributed by atoms with Gasteiger partial charge in [0.25, 0.3) is 0 Å². The molecule has 124 valence electrons. The van der Waals surface area contributed by atoms with Gasteiger partial charge in [0.1, 0.15) is 0 Å². The Balaban J connectivity index is 1.36. The second-order valence-electron chi connectivity index (χ2n) is 6.93. The Morgan fingerprint density at radius 1 is 1.17 bits per heavy atom. The number of nitrogens with zero attached hydrogens (tertiary/aromatic N) is 2. The van der Waals surface area contributed by atoms with Crippen LogP contribution >= 0.6 is 22.9 Å². The maximum Gasteiger partial charge on any atom is 0.0970 e. The van der Waals surface area contributed by atoms with Crippen LogP contribution in [-0.4, -0.2) is 42.6 Å². The molecule has 3 nitrogen and oxygen atoms in total. The van der Waals surface area contributed by atoms with Crippen LogP contribution in [-0.2, 0) is 0 Å². The Hall–Kier alpha value is -0.680. The molecule has 0 saturated carbocycles. The van der Waals surface area contributed by atoms with Crippen LogP contribution in [0.15, 0.2) is 18.2 Å². The smallest absolute Gasteiger partial charge is 0.0970 e. The summed E-state index contributed by atoms with van der Waals surface area (Å²) < 4.78 is 1.27. The lowest BCUT2D eigenvalue weighted by atomic mass is 9.93. The van der Waals surface area contributed by atoms with Crippen molar-refractivity contribution in [3.8, 4) is 0 Å². The molecule has 0 unspecified atom stereocenters. The lowest BCUT2D eigenvalue weighted by Crippen LogP contribution is -2.39. The topological polar surface area (TPSA) is 28.2 Å². The molecule has 2 saturated heterocycles. The highest BCUT2D eigenvalue weighted by atomic mass is 35.5. The third-order valence-corrected chi connectivity index (χ3v) is 6.71. The fraction of sp³-hybridized carbons (Fsp3) is 0.611. The van der Waals surface area contributed by atoms with E-state index < -0.39 is 0 Å². The number of piperidine rings is 2. The average molecular weight is 350 g/mol. The molecule has 1 aromatic heterocycles. The van der Waals surface area contributed by atoms with Crippen LogP contribution in [0.1, 0.15) is 36.6 Å². The first-order chi connectivity index (χ1) is 11.3. The predicted molar refractivity (Wildman–Crippen MR) is 98.6 cm³/mol. The monoisotopic (exact) mass is 349 g/mol. The number of hydrogen-bond acceptors (Lipinski definition) is 4. The van der Waals surface area contributed by atoms with Crippen LogP contribution in [0.5, 0.6) is 0 Å². The number of likely N-dealkylation sites (tertiary alicyclic amines) is 1. The minimum atomic E-state index is 0.635. The van der Waals surface area contributed by atoms with Gasteiger partial charge in [0.2, 0.25) is 0 Å². The highest BCUT2D eigenvalue weighted by Crippen LogP contribution is 2.35. The summed E-state index contributed by atoms with van der Waals surface area (Å²) in [5.41, 5.74) is 1.06. The molecular weight excluding hydrogens is 326 g/mol. The molecule has 3 heterocycles. The first-order valence-electron chi connectivity index (χ1n) is 8.77. The summed E-state index contributed by atoms with van der Waals surface area (Å²) in [4.78, 5) is 7.52. The summed E-state index contributed by atoms with van der Waals surface area (Å²) in [7, 11) is 0. The van der Waals surface area contributed by atoms with E-state index in [1.165, 1.54) is 68.1 Å². The van der Waals surface area contributed by atoms with Crippen LogP contribution in [0.4, 0.5) is 0 Å². The van der Waals surface area contributed by atoms with Crippen molar-refractivity contribution in [3.05, 3.63) is 28.2 Å². The van der Waals surface area contributed by atoms with Gasteiger partial charge in [0.15, 0.2) is 0 Å². The number of thiazole rings is 1. The number of benzene rings is 1. The van der Waals surface area contributed by atoms with Crippen LogP contribution < -0.4 is 5.32 Å². The van der Waals surface area contributed by atoms with Gasteiger partial charge in [0.05, 0.1) is 15.2 Å². The molecule has 2 fully saturated rings. The number of aromatic nitrogens is 1. The predicted octanol–water partition coefficient (Wildman–Crippen LogP) is 4.13. The molecule has 2 aromatic rings. The summed E-state index contributed by atoms with van der Waals surface area (Å²) >= 11 is 7.93. The van der Waals surface area contributed by atoms with Crippen molar-refractivity contribution in [1.29, 1.82) is 0 Å². The SMILES string of the molecule is Clc1ccc2sc(C3CCN(CC4CCNCC4)CC3)nc2c1. The van der Waals surface area contributed by atoms with Crippen molar-refractivity contribution in [2.45, 2.75) is 31.6 Å². The van der Waals surface area contributed by atoms with Gasteiger partial charge in [0, 0.05) is 17.5 Å². The van der Waals surface area contributed by atoms with Gasteiger partial charge in [-0.15, -0.1) is 11.3 Å². The first-order valence-corrected chi connectivity index (χ1v) is 9.96. The van der Waals surface area contributed by atoms with E-state index in [9.17, 15) is 0 Å². The van der Waals surface area contributed by atoms with Crippen molar-refractivity contribution in [1.82, 2.24) is 15.2 Å². The molecule has 0 aliphatic carbocycles. The van der Waals surface area contributed by atoms with Gasteiger partial charge in [-0.3, -0.25) is 0 Å². The van der Waals surface area contributed by atoms with Gasteiger partial charge in [-0.05, 0) is 76.0 Å². The number of halogens is 1. The van der Waals surface area contributed by atoms with E-state index in [4.69, 9.17) is 16.6 Å². The third-order valence-electron chi connectivity index (χ3n) is 5.28. The lowest BCUT2D eigenvalue weighted by molar-refractivity contribution is 0.167. The molecule has 0 atom stereocenters. The van der Waals surface area contributed by atoms with Gasteiger partial charge in [-0.2, -0.15) is 0 Å². The minimum absolute atomic E-state index is 0.635. The molecule has 23 heavy (non-hydrogen) atoms. The Kier molecular flexibility index (Phi) is 4.86. The summed E-state index contributed by atoms with van der Waals surface area (Å²) in [5.74, 6) is 1.54. The van der Waals surface area contributed by atoms with Crippen molar-refractivity contribution < 1.29 is 0 Å². The van der Waals surface area contributed by atoms with Crippen molar-refractivity contribution in [3.63, 3.8) is 0 Å². The van der Waals surface area contributed by atoms with Crippen LogP contribution in [0.2, 0.25) is 5.02 Å². The largest absolute Gasteiger partial charge is 0.317 e. The van der Waals surface area contributed by atoms with Gasteiger partial charge < -0.3 is 10.2 Å². The van der Waals surface area contributed by atoms with E-state index in [2.05, 4.69) is 16.3 Å². The zero-order chi connectivity index (χ0) is 15.6. The van der Waals surface area contributed by atoms with Crippen molar-refractivity contribution in [2.24, 2.45) is 5.92 Å². The Labute approximate surface area is 147 Å². The molecule has 0 spiro atoms. The van der Waals surface area contributed by atoms with E-state index in [-0.39, 0.29) is 0 Å². The van der Waals surface area contributed by atoms with Gasteiger partial charge in [-0.1, -0.05) is 11.6 Å². The zero-order valence-corrected chi connectivity index (χ0v) is 15.0. The molecule has 4 rings (SSSR count). The van der Waals surface area contributed by atoms with E-state index >= 15 is 0 Å². The Morgan fingerprint density at radius 3 is 2.74 bits per heavy atom. The van der Waals surface area contributed by atoms with Crippen LogP contribution in [0, 0.1) is 5.92 Å². The van der Waals surface area contributed by atoms with Gasteiger partial charge in [-0.25, -0.2) is 4.98 Å². The Bertz CT molecular complexity index is 657. The van der Waals surface area contributed by atoms with Crippen LogP contribution in [0.25, 0.3) is 10.2 Å². The molecule has 1 N–H and O–H groups in total. The summed E-state index contributed by atoms with van der Waals surface area (Å²) in [6.07, 6.45) is 5.19. The second-order valence-corrected chi connectivity index (χ2v) is 8.43. The average Bonchev–Trinajstić information content (AvgIpc) is 2.99. The molecule has 2 aliphatic heterocycles. The highest BCUT2D eigenvalue weighted by molar-refractivity contribution is 7.18. The molecule has 1 aromatic carbocycles. The first kappa shape index (κ1) is 15.8. The highest BCUT2D eigenvalue weighted by Gasteiger charge is 2.25. The van der Waals surface area contributed by atoms with Gasteiger partial charge >= 0.3 is 0 Å². The normalized spacial score (nSPS) is 22.0. The van der Waals surface area contributed by atoms with Crippen molar-refractivity contribution in [2.75, 3.05) is 32.7 Å². The number of rotatable bonds is 3. The number of nitrogens with one attached hydrogen (secondary N) is 1. The maximum atomic E-state index is 6.08. The molecule has 5 heteroatoms. The van der Waals surface area contributed by atoms with E-state index in [0.29, 0.717) is 5.92 Å². The molecular formula is C18H24ClN3S. The number of fused-ring (bicyclic) bond motifs is 1. The third kappa shape index (κ3) is 3.71. The standard InChI is InChI=1S/C18H24ClN3S/c19-15-1-2-17-16(11-15)21-18(23-17)14-5-9-22(10-6-14)12-13-3-7-20-8-4-13/h1-2,11,13-14,20H,3-10,12H2. The van der Waals surface area contributed by atoms with E-state index in [1.54, 1.807) is 0 Å². The molecule has 0 amide bonds. The molecule has 0 radical (unpaired) electrons. The fourth-order valence-corrected chi connectivity index (χ4v) is 5.17. The minimum Gasteiger partial charge on any atom is -0.317 e. The van der Waals surface area contributed by atoms with E-state index in [0.717, 1.165) is 16.5 Å². The summed E-state index contributed by atoms with van der Waals surface area (Å²) in [5, 5.41) is 5.55. The second kappa shape index (κ2) is 7.06. The molecule has 2 aliphatic rings. The molecule has 0 bridgehead atoms. The summed E-state index contributed by atoms with van der Waals surface area (Å²) in [6.45, 7) is 6.16. The Morgan fingerprint density at radius 2 is 1.96 bits per heavy atom. The quantitative estimate of drug-likeness (QED) is 0.903. The maximum absolute atomic E-state index is 6.08. The van der Waals surface area contributed by atoms with Crippen molar-refractivity contribution >= 4 is 33.2 Å². The fourth-order valence-electron chi connectivity index (χ4n) is 3.88. The van der Waals surface area contributed by atoms with Crippen LogP contribution in [0.3, 0.4) is 0 Å². The number of hydrogen-bond donors (Lipinski definition) is 1. The summed E-state index contributed by atoms with van der Waals surface area (Å²) in [6, 6.07) is 6.06. The van der Waals surface area contributed by atoms with E-state index in [1.807, 2.05) is 23.5 Å². The lowest BCUT2D eigenvalue weighted by Gasteiger charge is -2.34.